The summed E-state index contributed by atoms with van der Waals surface area (Å²) < 4.78 is 34.1. The molecule has 0 atom stereocenters. The second kappa shape index (κ2) is 11.1. The molecule has 0 spiro atoms. The maximum absolute atomic E-state index is 12.9. The monoisotopic (exact) mass is 507 g/mol. The SMILES string of the molecule is Cc1ccc(NS(=O)(=O)c2ccc(OCC(=O)N3CCN(Cc4ccccc4)CC3)c(C)c2)cc1C. The van der Waals surface area contributed by atoms with Crippen molar-refractivity contribution in [3.63, 3.8) is 0 Å². The molecule has 1 fully saturated rings. The molecule has 190 valence electrons. The van der Waals surface area contributed by atoms with Crippen LogP contribution in [0.25, 0.3) is 0 Å². The molecule has 1 amide bonds. The molecule has 3 aromatic carbocycles. The van der Waals surface area contributed by atoms with Crippen LogP contribution in [0.2, 0.25) is 0 Å². The average Bonchev–Trinajstić information content (AvgIpc) is 2.86. The fraction of sp³-hybridized carbons (Fsp3) is 0.321. The van der Waals surface area contributed by atoms with E-state index in [1.54, 1.807) is 25.1 Å². The molecule has 1 aliphatic rings. The zero-order chi connectivity index (χ0) is 25.7. The molecule has 1 aliphatic heterocycles. The molecule has 7 nitrogen and oxygen atoms in total. The number of sulfonamides is 1. The molecule has 1 saturated heterocycles. The van der Waals surface area contributed by atoms with Crippen molar-refractivity contribution in [2.45, 2.75) is 32.2 Å². The lowest BCUT2D eigenvalue weighted by molar-refractivity contribution is -0.135. The van der Waals surface area contributed by atoms with Crippen LogP contribution in [0.1, 0.15) is 22.3 Å². The van der Waals surface area contributed by atoms with Gasteiger partial charge in [-0.25, -0.2) is 8.42 Å². The first kappa shape index (κ1) is 25.7. The van der Waals surface area contributed by atoms with Crippen LogP contribution in [0.15, 0.2) is 71.6 Å². The smallest absolute Gasteiger partial charge is 0.261 e. The summed E-state index contributed by atoms with van der Waals surface area (Å²) in [6.07, 6.45) is 0. The van der Waals surface area contributed by atoms with Crippen molar-refractivity contribution >= 4 is 21.6 Å². The number of piperazine rings is 1. The predicted molar refractivity (Wildman–Crippen MR) is 142 cm³/mol. The molecule has 8 heteroatoms. The Balaban J connectivity index is 1.30. The van der Waals surface area contributed by atoms with Gasteiger partial charge in [-0.15, -0.1) is 0 Å². The Hall–Kier alpha value is -3.36. The van der Waals surface area contributed by atoms with E-state index in [1.807, 2.05) is 49.1 Å². The maximum atomic E-state index is 12.9. The minimum absolute atomic E-state index is 0.0677. The second-order valence-corrected chi connectivity index (χ2v) is 10.9. The van der Waals surface area contributed by atoms with Gasteiger partial charge < -0.3 is 9.64 Å². The van der Waals surface area contributed by atoms with Crippen LogP contribution < -0.4 is 9.46 Å². The van der Waals surface area contributed by atoms with Gasteiger partial charge in [-0.05, 0) is 73.4 Å². The van der Waals surface area contributed by atoms with Crippen molar-refractivity contribution in [2.75, 3.05) is 37.5 Å². The Bertz CT molecular complexity index is 1320. The van der Waals surface area contributed by atoms with E-state index in [-0.39, 0.29) is 17.4 Å². The number of ether oxygens (including phenoxy) is 1. The highest BCUT2D eigenvalue weighted by molar-refractivity contribution is 7.92. The molecule has 4 rings (SSSR count). The van der Waals surface area contributed by atoms with E-state index in [0.717, 1.165) is 30.8 Å². The Morgan fingerprint density at radius 1 is 0.861 bits per heavy atom. The minimum Gasteiger partial charge on any atom is -0.483 e. The van der Waals surface area contributed by atoms with Gasteiger partial charge in [0.25, 0.3) is 15.9 Å². The number of nitrogens with zero attached hydrogens (tertiary/aromatic N) is 2. The number of hydrogen-bond donors (Lipinski definition) is 1. The molecule has 0 bridgehead atoms. The fourth-order valence-electron chi connectivity index (χ4n) is 4.20. The van der Waals surface area contributed by atoms with Crippen LogP contribution in [0.5, 0.6) is 5.75 Å². The van der Waals surface area contributed by atoms with Crippen LogP contribution >= 0.6 is 0 Å². The zero-order valence-corrected chi connectivity index (χ0v) is 21.8. The number of aryl methyl sites for hydroxylation is 3. The molecule has 0 radical (unpaired) electrons. The van der Waals surface area contributed by atoms with Crippen LogP contribution in [0.4, 0.5) is 5.69 Å². The summed E-state index contributed by atoms with van der Waals surface area (Å²) in [5.74, 6) is 0.429. The highest BCUT2D eigenvalue weighted by atomic mass is 32.2. The third-order valence-electron chi connectivity index (χ3n) is 6.54. The van der Waals surface area contributed by atoms with Gasteiger partial charge in [0, 0.05) is 38.4 Å². The summed E-state index contributed by atoms with van der Waals surface area (Å²) in [4.78, 5) is 17.0. The topological polar surface area (TPSA) is 78.9 Å². The molecule has 0 unspecified atom stereocenters. The molecular weight excluding hydrogens is 474 g/mol. The van der Waals surface area contributed by atoms with Crippen LogP contribution in [0.3, 0.4) is 0 Å². The summed E-state index contributed by atoms with van der Waals surface area (Å²) >= 11 is 0. The first-order chi connectivity index (χ1) is 17.2. The summed E-state index contributed by atoms with van der Waals surface area (Å²) in [5, 5.41) is 0. The van der Waals surface area contributed by atoms with Gasteiger partial charge in [0.15, 0.2) is 6.61 Å². The van der Waals surface area contributed by atoms with E-state index in [4.69, 9.17) is 4.74 Å². The zero-order valence-electron chi connectivity index (χ0n) is 21.0. The molecule has 0 aromatic heterocycles. The van der Waals surface area contributed by atoms with Gasteiger partial charge in [-0.2, -0.15) is 0 Å². The Morgan fingerprint density at radius 3 is 2.25 bits per heavy atom. The molecule has 0 saturated carbocycles. The van der Waals surface area contributed by atoms with E-state index in [1.165, 1.54) is 11.6 Å². The summed E-state index contributed by atoms with van der Waals surface area (Å²) in [5.41, 5.74) is 4.55. The van der Waals surface area contributed by atoms with Gasteiger partial charge in [0.2, 0.25) is 0 Å². The molecule has 1 heterocycles. The average molecular weight is 508 g/mol. The number of anilines is 1. The highest BCUT2D eigenvalue weighted by Gasteiger charge is 2.22. The highest BCUT2D eigenvalue weighted by Crippen LogP contribution is 2.24. The lowest BCUT2D eigenvalue weighted by atomic mass is 10.1. The minimum atomic E-state index is -3.74. The first-order valence-corrected chi connectivity index (χ1v) is 13.6. The lowest BCUT2D eigenvalue weighted by Crippen LogP contribution is -2.49. The Morgan fingerprint density at radius 2 is 1.58 bits per heavy atom. The van der Waals surface area contributed by atoms with E-state index < -0.39 is 10.0 Å². The largest absolute Gasteiger partial charge is 0.483 e. The van der Waals surface area contributed by atoms with Gasteiger partial charge in [-0.3, -0.25) is 14.4 Å². The molecule has 3 aromatic rings. The van der Waals surface area contributed by atoms with Crippen molar-refractivity contribution in [2.24, 2.45) is 0 Å². The van der Waals surface area contributed by atoms with E-state index in [2.05, 4.69) is 21.8 Å². The summed E-state index contributed by atoms with van der Waals surface area (Å²) in [6.45, 7) is 9.46. The number of hydrogen-bond acceptors (Lipinski definition) is 5. The first-order valence-electron chi connectivity index (χ1n) is 12.1. The number of rotatable bonds is 8. The van der Waals surface area contributed by atoms with Gasteiger partial charge >= 0.3 is 0 Å². The lowest BCUT2D eigenvalue weighted by Gasteiger charge is -2.34. The van der Waals surface area contributed by atoms with Crippen molar-refractivity contribution in [3.8, 4) is 5.75 Å². The molecular formula is C28H33N3O4S. The van der Waals surface area contributed by atoms with Crippen LogP contribution in [0, 0.1) is 20.8 Å². The number of amides is 1. The van der Waals surface area contributed by atoms with Gasteiger partial charge in [0.1, 0.15) is 5.75 Å². The van der Waals surface area contributed by atoms with Crippen LogP contribution in [-0.2, 0) is 21.4 Å². The number of carbonyl (C=O) groups is 1. The van der Waals surface area contributed by atoms with Crippen molar-refractivity contribution in [3.05, 3.63) is 89.0 Å². The second-order valence-electron chi connectivity index (χ2n) is 9.26. The third kappa shape index (κ3) is 6.44. The van der Waals surface area contributed by atoms with E-state index in [0.29, 0.717) is 30.1 Å². The number of benzene rings is 3. The predicted octanol–water partition coefficient (Wildman–Crippen LogP) is 4.14. The molecule has 0 aliphatic carbocycles. The van der Waals surface area contributed by atoms with Crippen molar-refractivity contribution in [1.82, 2.24) is 9.80 Å². The fourth-order valence-corrected chi connectivity index (χ4v) is 5.33. The van der Waals surface area contributed by atoms with E-state index >= 15 is 0 Å². The summed E-state index contributed by atoms with van der Waals surface area (Å²) in [7, 11) is -3.74. The Kier molecular flexibility index (Phi) is 7.96. The number of carbonyl (C=O) groups excluding carboxylic acids is 1. The quantitative estimate of drug-likeness (QED) is 0.496. The molecule has 36 heavy (non-hydrogen) atoms. The third-order valence-corrected chi connectivity index (χ3v) is 7.92. The molecule has 1 N–H and O–H groups in total. The maximum Gasteiger partial charge on any atom is 0.261 e. The van der Waals surface area contributed by atoms with Crippen LogP contribution in [-0.4, -0.2) is 56.9 Å². The standard InChI is InChI=1S/C28H33N3O4S/c1-21-9-10-25(17-22(21)2)29-36(33,34)26-11-12-27(23(3)18-26)35-20-28(32)31-15-13-30(14-16-31)19-24-7-5-4-6-8-24/h4-12,17-18,29H,13-16,19-20H2,1-3H3. The Labute approximate surface area is 213 Å². The van der Waals surface area contributed by atoms with Gasteiger partial charge in [-0.1, -0.05) is 36.4 Å². The van der Waals surface area contributed by atoms with Crippen molar-refractivity contribution in [1.29, 1.82) is 0 Å². The number of nitrogens with one attached hydrogen (secondary N) is 1. The normalized spacial score (nSPS) is 14.5. The van der Waals surface area contributed by atoms with Gasteiger partial charge in [0.05, 0.1) is 4.90 Å². The summed E-state index contributed by atoms with van der Waals surface area (Å²) in [6, 6.07) is 20.4. The van der Waals surface area contributed by atoms with E-state index in [9.17, 15) is 13.2 Å². The van der Waals surface area contributed by atoms with Crippen molar-refractivity contribution < 1.29 is 17.9 Å².